The van der Waals surface area contributed by atoms with E-state index in [1.165, 1.54) is 0 Å². The van der Waals surface area contributed by atoms with Gasteiger partial charge in [-0.05, 0) is 36.1 Å². The molecule has 0 fully saturated rings. The normalized spacial score (nSPS) is 12.8. The van der Waals surface area contributed by atoms with E-state index >= 15 is 0 Å². The monoisotopic (exact) mass is 360 g/mol. The minimum absolute atomic E-state index is 0.0398. The highest BCUT2D eigenvalue weighted by molar-refractivity contribution is 5.81. The molecule has 2 aromatic carbocycles. The molecule has 0 aromatic heterocycles. The first-order chi connectivity index (χ1) is 12.6. The Balaban J connectivity index is 1.73. The van der Waals surface area contributed by atoms with Gasteiger partial charge in [-0.25, -0.2) is 13.6 Å². The first-order valence-corrected chi connectivity index (χ1v) is 8.45. The van der Waals surface area contributed by atoms with Gasteiger partial charge in [0.15, 0.2) is 6.17 Å². The molecule has 2 unspecified atom stereocenters. The maximum atomic E-state index is 13.9. The lowest BCUT2D eigenvalue weighted by Crippen LogP contribution is -2.25. The molecule has 0 amide bonds. The van der Waals surface area contributed by atoms with Crippen LogP contribution in [0.1, 0.15) is 12.8 Å². The Kier molecular flexibility index (Phi) is 7.80. The Morgan fingerprint density at radius 1 is 1.00 bits per heavy atom. The van der Waals surface area contributed by atoms with Crippen molar-refractivity contribution in [2.24, 2.45) is 0 Å². The number of benzene rings is 2. The minimum Gasteiger partial charge on any atom is -0.490 e. The third kappa shape index (κ3) is 6.31. The second-order valence-electron chi connectivity index (χ2n) is 5.75. The van der Waals surface area contributed by atoms with Crippen molar-refractivity contribution >= 4 is 5.97 Å². The van der Waals surface area contributed by atoms with Crippen LogP contribution in [0, 0.1) is 0 Å². The zero-order valence-electron chi connectivity index (χ0n) is 14.4. The van der Waals surface area contributed by atoms with Crippen LogP contribution >= 0.6 is 0 Å². The van der Waals surface area contributed by atoms with Crippen molar-refractivity contribution in [3.05, 3.63) is 67.3 Å². The number of alkyl halides is 2. The first-order valence-electron chi connectivity index (χ1n) is 8.45. The van der Waals surface area contributed by atoms with Gasteiger partial charge in [0.25, 0.3) is 0 Å². The Morgan fingerprint density at radius 3 is 2.31 bits per heavy atom. The highest BCUT2D eigenvalue weighted by Crippen LogP contribution is 2.22. The molecule has 2 aromatic rings. The van der Waals surface area contributed by atoms with Gasteiger partial charge in [-0.15, -0.1) is 0 Å². The summed E-state index contributed by atoms with van der Waals surface area (Å²) < 4.78 is 37.7. The van der Waals surface area contributed by atoms with Crippen LogP contribution in [-0.4, -0.2) is 31.5 Å². The zero-order valence-corrected chi connectivity index (χ0v) is 14.4. The minimum atomic E-state index is -1.74. The van der Waals surface area contributed by atoms with Gasteiger partial charge >= 0.3 is 5.97 Å². The van der Waals surface area contributed by atoms with Crippen LogP contribution < -0.4 is 4.74 Å². The second-order valence-corrected chi connectivity index (χ2v) is 5.75. The predicted octanol–water partition coefficient (Wildman–Crippen LogP) is 4.92. The lowest BCUT2D eigenvalue weighted by atomic mass is 10.1. The van der Waals surface area contributed by atoms with Crippen molar-refractivity contribution in [3.63, 3.8) is 0 Å². The molecule has 0 bridgehead atoms. The van der Waals surface area contributed by atoms with Crippen LogP contribution in [0.5, 0.6) is 5.75 Å². The molecule has 0 radical (unpaired) electrons. The molecule has 2 atom stereocenters. The summed E-state index contributed by atoms with van der Waals surface area (Å²) in [7, 11) is 0. The number of ether oxygens (including phenoxy) is 2. The summed E-state index contributed by atoms with van der Waals surface area (Å²) >= 11 is 0. The molecule has 0 saturated carbocycles. The third-order valence-corrected chi connectivity index (χ3v) is 3.80. The number of hydrogen-bond donors (Lipinski definition) is 0. The van der Waals surface area contributed by atoms with Crippen LogP contribution in [0.4, 0.5) is 8.78 Å². The Bertz CT molecular complexity index is 686. The van der Waals surface area contributed by atoms with Crippen LogP contribution in [0.3, 0.4) is 0 Å². The van der Waals surface area contributed by atoms with E-state index in [4.69, 9.17) is 9.47 Å². The van der Waals surface area contributed by atoms with Crippen LogP contribution in [0.2, 0.25) is 0 Å². The largest absolute Gasteiger partial charge is 0.490 e. The number of hydrogen-bond acceptors (Lipinski definition) is 3. The van der Waals surface area contributed by atoms with Crippen LogP contribution in [-0.2, 0) is 9.53 Å². The topological polar surface area (TPSA) is 35.5 Å². The molecule has 0 heterocycles. The van der Waals surface area contributed by atoms with E-state index in [1.807, 2.05) is 42.5 Å². The average Bonchev–Trinajstić information content (AvgIpc) is 2.70. The molecule has 0 aliphatic carbocycles. The van der Waals surface area contributed by atoms with E-state index in [1.54, 1.807) is 12.1 Å². The number of carbonyl (C=O) groups excluding carboxylic acids is 1. The summed E-state index contributed by atoms with van der Waals surface area (Å²) in [5, 5.41) is 0. The number of carbonyl (C=O) groups is 1. The number of esters is 1. The summed E-state index contributed by atoms with van der Waals surface area (Å²) in [5.41, 5.74) is 2.09. The third-order valence-electron chi connectivity index (χ3n) is 3.80. The van der Waals surface area contributed by atoms with Crippen molar-refractivity contribution in [2.75, 3.05) is 13.2 Å². The smallest absolute Gasteiger partial charge is 0.330 e. The highest BCUT2D eigenvalue weighted by Gasteiger charge is 2.21. The Hall–Kier alpha value is -2.69. The summed E-state index contributed by atoms with van der Waals surface area (Å²) in [6.45, 7) is 2.93. The van der Waals surface area contributed by atoms with E-state index in [9.17, 15) is 13.6 Å². The quantitative estimate of drug-likeness (QED) is 0.343. The number of rotatable bonds is 10. The van der Waals surface area contributed by atoms with Gasteiger partial charge in [-0.2, -0.15) is 0 Å². The number of halogens is 2. The molecule has 0 spiro atoms. The van der Waals surface area contributed by atoms with Crippen molar-refractivity contribution in [2.45, 2.75) is 25.2 Å². The molecular weight excluding hydrogens is 338 g/mol. The maximum absolute atomic E-state index is 13.9. The van der Waals surface area contributed by atoms with E-state index in [2.05, 4.69) is 6.58 Å². The molecule has 2 rings (SSSR count). The van der Waals surface area contributed by atoms with Gasteiger partial charge in [0.05, 0.1) is 6.61 Å². The molecule has 0 aliphatic heterocycles. The van der Waals surface area contributed by atoms with Gasteiger partial charge in [0.2, 0.25) is 0 Å². The van der Waals surface area contributed by atoms with Crippen LogP contribution in [0.25, 0.3) is 11.1 Å². The molecule has 0 aliphatic rings. The molecule has 26 heavy (non-hydrogen) atoms. The molecular formula is C21H22F2O3. The Morgan fingerprint density at radius 2 is 1.65 bits per heavy atom. The summed E-state index contributed by atoms with van der Waals surface area (Å²) in [6.07, 6.45) is -2.17. The fourth-order valence-corrected chi connectivity index (χ4v) is 2.35. The Labute approximate surface area is 152 Å². The molecule has 3 nitrogen and oxygen atoms in total. The van der Waals surface area contributed by atoms with Crippen molar-refractivity contribution < 1.29 is 23.0 Å². The molecule has 0 N–H and O–H groups in total. The molecule has 0 saturated heterocycles. The van der Waals surface area contributed by atoms with Crippen molar-refractivity contribution in [3.8, 4) is 16.9 Å². The van der Waals surface area contributed by atoms with Gasteiger partial charge in [-0.3, -0.25) is 0 Å². The van der Waals surface area contributed by atoms with Gasteiger partial charge < -0.3 is 9.47 Å². The van der Waals surface area contributed by atoms with E-state index < -0.39 is 18.3 Å². The van der Waals surface area contributed by atoms with Crippen LogP contribution in [0.15, 0.2) is 67.3 Å². The van der Waals surface area contributed by atoms with Crippen molar-refractivity contribution in [1.82, 2.24) is 0 Å². The summed E-state index contributed by atoms with van der Waals surface area (Å²) in [4.78, 5) is 10.8. The van der Waals surface area contributed by atoms with Gasteiger partial charge in [-0.1, -0.05) is 49.0 Å². The van der Waals surface area contributed by atoms with Gasteiger partial charge in [0.1, 0.15) is 18.5 Å². The highest BCUT2D eigenvalue weighted by atomic mass is 19.2. The summed E-state index contributed by atoms with van der Waals surface area (Å²) in [5.74, 6) is -0.0843. The standard InChI is InChI=1S/C21H22F2O3/c1-2-21(24)25-14-6-9-19(22)20(23)15-26-18-12-10-17(11-13-18)16-7-4-3-5-8-16/h2-5,7-8,10-13,19-20H,1,6,9,14-15H2. The molecule has 5 heteroatoms. The van der Waals surface area contributed by atoms with E-state index in [0.717, 1.165) is 17.2 Å². The van der Waals surface area contributed by atoms with E-state index in [-0.39, 0.29) is 26.1 Å². The van der Waals surface area contributed by atoms with Crippen molar-refractivity contribution in [1.29, 1.82) is 0 Å². The predicted molar refractivity (Wildman–Crippen MR) is 97.6 cm³/mol. The molecule has 138 valence electrons. The first kappa shape index (κ1) is 19.6. The van der Waals surface area contributed by atoms with Gasteiger partial charge in [0, 0.05) is 6.08 Å². The second kappa shape index (κ2) is 10.3. The zero-order chi connectivity index (χ0) is 18.8. The fraction of sp³-hybridized carbons (Fsp3) is 0.286. The van der Waals surface area contributed by atoms with E-state index in [0.29, 0.717) is 5.75 Å². The average molecular weight is 360 g/mol. The lowest BCUT2D eigenvalue weighted by Gasteiger charge is -2.15. The maximum Gasteiger partial charge on any atom is 0.330 e. The summed E-state index contributed by atoms with van der Waals surface area (Å²) in [6, 6.07) is 17.0. The lowest BCUT2D eigenvalue weighted by molar-refractivity contribution is -0.137. The fourth-order valence-electron chi connectivity index (χ4n) is 2.35. The SMILES string of the molecule is C=CC(=O)OCCCC(F)C(F)COc1ccc(-c2ccccc2)cc1.